The number of hydrogen-bond acceptors (Lipinski definition) is 5. The van der Waals surface area contributed by atoms with Gasteiger partial charge in [0, 0.05) is 19.3 Å². The third-order valence-corrected chi connectivity index (χ3v) is 4.75. The number of rotatable bonds is 7. The fourth-order valence-corrected chi connectivity index (χ4v) is 3.50. The van der Waals surface area contributed by atoms with Gasteiger partial charge >= 0.3 is 5.97 Å². The van der Waals surface area contributed by atoms with Crippen LogP contribution in [-0.2, 0) is 19.0 Å². The molecule has 2 fully saturated rings. The van der Waals surface area contributed by atoms with E-state index in [9.17, 15) is 4.79 Å². The van der Waals surface area contributed by atoms with Crippen LogP contribution in [0.15, 0.2) is 0 Å². The minimum absolute atomic E-state index is 0. The van der Waals surface area contributed by atoms with Gasteiger partial charge in [0.25, 0.3) is 0 Å². The normalized spacial score (nSPS) is 22.1. The van der Waals surface area contributed by atoms with Gasteiger partial charge in [0.05, 0.1) is 19.8 Å². The van der Waals surface area contributed by atoms with Crippen LogP contribution in [0.1, 0.15) is 52.4 Å². The van der Waals surface area contributed by atoms with E-state index in [-0.39, 0.29) is 30.1 Å². The zero-order valence-electron chi connectivity index (χ0n) is 14.4. The Kier molecular flexibility index (Phi) is 8.83. The number of ether oxygens (including phenoxy) is 3. The Morgan fingerprint density at radius 2 is 1.87 bits per heavy atom. The highest BCUT2D eigenvalue weighted by Crippen LogP contribution is 2.38. The molecule has 1 aliphatic heterocycles. The standard InChI is InChI=1S/C17H31NO4.ClH/c1-13(2)9-15(11-18)10-16(19)20-12-14-3-5-17(6-4-14)21-7-8-22-17;/h13-15H,3-12,18H2,1-2H3;1H/t15-;/m0./s1. The first kappa shape index (κ1) is 20.7. The van der Waals surface area contributed by atoms with Crippen molar-refractivity contribution in [1.29, 1.82) is 0 Å². The van der Waals surface area contributed by atoms with E-state index >= 15 is 0 Å². The summed E-state index contributed by atoms with van der Waals surface area (Å²) in [6.07, 6.45) is 5.24. The molecular weight excluding hydrogens is 318 g/mol. The third kappa shape index (κ3) is 6.57. The highest BCUT2D eigenvalue weighted by Gasteiger charge is 2.40. The molecule has 1 aliphatic carbocycles. The molecule has 136 valence electrons. The molecule has 1 saturated carbocycles. The summed E-state index contributed by atoms with van der Waals surface area (Å²) in [5.74, 6) is 0.792. The van der Waals surface area contributed by atoms with Crippen LogP contribution in [0.2, 0.25) is 0 Å². The molecular formula is C17H32ClNO4. The van der Waals surface area contributed by atoms with Gasteiger partial charge in [-0.1, -0.05) is 13.8 Å². The fourth-order valence-electron chi connectivity index (χ4n) is 3.50. The quantitative estimate of drug-likeness (QED) is 0.715. The van der Waals surface area contributed by atoms with Gasteiger partial charge in [0.15, 0.2) is 5.79 Å². The highest BCUT2D eigenvalue weighted by molar-refractivity contribution is 5.85. The van der Waals surface area contributed by atoms with E-state index in [0.717, 1.165) is 32.1 Å². The minimum Gasteiger partial charge on any atom is -0.465 e. The lowest BCUT2D eigenvalue weighted by molar-refractivity contribution is -0.185. The van der Waals surface area contributed by atoms with Crippen molar-refractivity contribution in [3.63, 3.8) is 0 Å². The summed E-state index contributed by atoms with van der Waals surface area (Å²) in [4.78, 5) is 12.0. The van der Waals surface area contributed by atoms with E-state index in [1.165, 1.54) is 0 Å². The predicted molar refractivity (Wildman–Crippen MR) is 91.4 cm³/mol. The average Bonchev–Trinajstić information content (AvgIpc) is 2.94. The molecule has 0 bridgehead atoms. The van der Waals surface area contributed by atoms with E-state index in [1.807, 2.05) is 0 Å². The Bertz CT molecular complexity index is 349. The molecule has 0 aromatic rings. The van der Waals surface area contributed by atoms with Gasteiger partial charge in [-0.3, -0.25) is 4.79 Å². The fraction of sp³-hybridized carbons (Fsp3) is 0.941. The van der Waals surface area contributed by atoms with Crippen molar-refractivity contribution in [2.75, 3.05) is 26.4 Å². The zero-order chi connectivity index (χ0) is 16.0. The van der Waals surface area contributed by atoms with E-state index in [2.05, 4.69) is 13.8 Å². The Labute approximate surface area is 146 Å². The second-order valence-corrected chi connectivity index (χ2v) is 7.17. The molecule has 0 aromatic carbocycles. The molecule has 0 radical (unpaired) electrons. The Balaban J connectivity index is 0.00000264. The van der Waals surface area contributed by atoms with Crippen molar-refractivity contribution < 1.29 is 19.0 Å². The maximum absolute atomic E-state index is 12.0. The van der Waals surface area contributed by atoms with Crippen LogP contribution in [0.5, 0.6) is 0 Å². The van der Waals surface area contributed by atoms with Crippen molar-refractivity contribution >= 4 is 18.4 Å². The lowest BCUT2D eigenvalue weighted by Crippen LogP contribution is -2.36. The third-order valence-electron chi connectivity index (χ3n) is 4.75. The van der Waals surface area contributed by atoms with Gasteiger partial charge in [-0.05, 0) is 43.6 Å². The van der Waals surface area contributed by atoms with Gasteiger partial charge in [-0.25, -0.2) is 0 Å². The second kappa shape index (κ2) is 9.82. The summed E-state index contributed by atoms with van der Waals surface area (Å²) in [6, 6.07) is 0. The average molecular weight is 350 g/mol. The molecule has 1 saturated heterocycles. The van der Waals surface area contributed by atoms with Crippen molar-refractivity contribution in [2.24, 2.45) is 23.5 Å². The SMILES string of the molecule is CC(C)C[C@H](CN)CC(=O)OCC1CCC2(CC1)OCCO2.Cl. The van der Waals surface area contributed by atoms with Crippen molar-refractivity contribution in [3.05, 3.63) is 0 Å². The molecule has 1 heterocycles. The molecule has 0 unspecified atom stereocenters. The molecule has 0 aromatic heterocycles. The van der Waals surface area contributed by atoms with E-state index in [4.69, 9.17) is 19.9 Å². The van der Waals surface area contributed by atoms with E-state index in [1.54, 1.807) is 0 Å². The topological polar surface area (TPSA) is 70.8 Å². The van der Waals surface area contributed by atoms with E-state index in [0.29, 0.717) is 44.6 Å². The number of hydrogen-bond donors (Lipinski definition) is 1. The summed E-state index contributed by atoms with van der Waals surface area (Å²) < 4.78 is 16.9. The summed E-state index contributed by atoms with van der Waals surface area (Å²) >= 11 is 0. The molecule has 2 aliphatic rings. The van der Waals surface area contributed by atoms with Crippen molar-refractivity contribution in [2.45, 2.75) is 58.2 Å². The van der Waals surface area contributed by atoms with Gasteiger partial charge in [0.1, 0.15) is 0 Å². The maximum Gasteiger partial charge on any atom is 0.306 e. The molecule has 0 amide bonds. The van der Waals surface area contributed by atoms with Gasteiger partial charge < -0.3 is 19.9 Å². The predicted octanol–water partition coefficient (Wildman–Crippen LogP) is 2.90. The van der Waals surface area contributed by atoms with Gasteiger partial charge in [-0.2, -0.15) is 0 Å². The number of carbonyl (C=O) groups is 1. The van der Waals surface area contributed by atoms with E-state index < -0.39 is 0 Å². The van der Waals surface area contributed by atoms with Gasteiger partial charge in [-0.15, -0.1) is 12.4 Å². The van der Waals surface area contributed by atoms with Crippen LogP contribution < -0.4 is 5.73 Å². The second-order valence-electron chi connectivity index (χ2n) is 7.17. The molecule has 2 N–H and O–H groups in total. The highest BCUT2D eigenvalue weighted by atomic mass is 35.5. The van der Waals surface area contributed by atoms with Crippen molar-refractivity contribution in [1.82, 2.24) is 0 Å². The van der Waals surface area contributed by atoms with Crippen LogP contribution >= 0.6 is 12.4 Å². The zero-order valence-corrected chi connectivity index (χ0v) is 15.2. The van der Waals surface area contributed by atoms with Crippen LogP contribution in [0.25, 0.3) is 0 Å². The van der Waals surface area contributed by atoms with Crippen LogP contribution in [0, 0.1) is 17.8 Å². The van der Waals surface area contributed by atoms with Crippen LogP contribution in [-0.4, -0.2) is 38.1 Å². The smallest absolute Gasteiger partial charge is 0.306 e. The first-order valence-corrected chi connectivity index (χ1v) is 8.66. The monoisotopic (exact) mass is 349 g/mol. The molecule has 1 spiro atoms. The summed E-state index contributed by atoms with van der Waals surface area (Å²) in [5, 5.41) is 0. The van der Waals surface area contributed by atoms with Gasteiger partial charge in [0.2, 0.25) is 0 Å². The molecule has 5 nitrogen and oxygen atoms in total. The van der Waals surface area contributed by atoms with Crippen LogP contribution in [0.4, 0.5) is 0 Å². The number of nitrogens with two attached hydrogens (primary N) is 1. The maximum atomic E-state index is 12.0. The summed E-state index contributed by atoms with van der Waals surface area (Å²) in [6.45, 7) is 6.78. The lowest BCUT2D eigenvalue weighted by Gasteiger charge is -2.35. The minimum atomic E-state index is -0.331. The number of esters is 1. The van der Waals surface area contributed by atoms with Crippen molar-refractivity contribution in [3.8, 4) is 0 Å². The number of carbonyl (C=O) groups excluding carboxylic acids is 1. The number of halogens is 1. The first-order chi connectivity index (χ1) is 10.5. The Morgan fingerprint density at radius 3 is 2.39 bits per heavy atom. The Hall–Kier alpha value is -0.360. The first-order valence-electron chi connectivity index (χ1n) is 8.66. The molecule has 1 atom stereocenters. The molecule has 2 rings (SSSR count). The molecule has 6 heteroatoms. The summed E-state index contributed by atoms with van der Waals surface area (Å²) in [5.41, 5.74) is 5.74. The molecule has 23 heavy (non-hydrogen) atoms. The lowest BCUT2D eigenvalue weighted by atomic mass is 9.85. The summed E-state index contributed by atoms with van der Waals surface area (Å²) in [7, 11) is 0. The Morgan fingerprint density at radius 1 is 1.26 bits per heavy atom. The largest absolute Gasteiger partial charge is 0.465 e. The van der Waals surface area contributed by atoms with Crippen LogP contribution in [0.3, 0.4) is 0 Å².